The number of aromatic nitrogens is 2. The van der Waals surface area contributed by atoms with E-state index in [-0.39, 0.29) is 11.7 Å². The van der Waals surface area contributed by atoms with E-state index < -0.39 is 12.0 Å². The molecule has 0 bridgehead atoms. The van der Waals surface area contributed by atoms with Gasteiger partial charge in [-0.05, 0) is 30.7 Å². The number of hydrazine groups is 1. The van der Waals surface area contributed by atoms with Crippen LogP contribution in [-0.2, 0) is 0 Å². The number of nitrogens with two attached hydrogens (primary N) is 1. The van der Waals surface area contributed by atoms with Crippen LogP contribution in [0.1, 0.15) is 29.1 Å². The number of carbonyl (C=O) groups excluding carboxylic acids is 1. The number of hydrogen-bond acceptors (Lipinski definition) is 7. The molecule has 3 aromatic rings. The molecule has 0 saturated carbocycles. The molecule has 3 rings (SSSR count). The third-order valence-corrected chi connectivity index (χ3v) is 3.46. The van der Waals surface area contributed by atoms with Gasteiger partial charge in [0, 0.05) is 11.6 Å². The fourth-order valence-electron chi connectivity index (χ4n) is 2.23. The second kappa shape index (κ2) is 7.02. The Morgan fingerprint density at radius 2 is 2.08 bits per heavy atom. The zero-order valence-corrected chi connectivity index (χ0v) is 13.4. The average molecular weight is 339 g/mol. The molecule has 0 aliphatic heterocycles. The van der Waals surface area contributed by atoms with Crippen LogP contribution in [0.5, 0.6) is 0 Å². The monoisotopic (exact) mass is 339 g/mol. The van der Waals surface area contributed by atoms with Crippen molar-refractivity contribution in [2.45, 2.75) is 13.0 Å². The lowest BCUT2D eigenvalue weighted by molar-refractivity contribution is 0.0935. The third kappa shape index (κ3) is 3.93. The van der Waals surface area contributed by atoms with Crippen molar-refractivity contribution in [2.24, 2.45) is 0 Å². The van der Waals surface area contributed by atoms with Crippen molar-refractivity contribution in [1.82, 2.24) is 15.4 Å². The number of aliphatic hydroxyl groups excluding tert-OH is 1. The number of aliphatic hydroxyl groups is 1. The van der Waals surface area contributed by atoms with E-state index in [1.165, 1.54) is 6.26 Å². The maximum atomic E-state index is 11.9. The number of nitrogen functional groups attached to an aromatic ring is 1. The molecule has 0 saturated heterocycles. The second-order valence-corrected chi connectivity index (χ2v) is 5.35. The summed E-state index contributed by atoms with van der Waals surface area (Å²) in [6.07, 6.45) is 0.814. The first-order valence-electron chi connectivity index (χ1n) is 7.56. The molecule has 0 aliphatic rings. The van der Waals surface area contributed by atoms with Crippen molar-refractivity contribution in [2.75, 3.05) is 11.2 Å². The summed E-state index contributed by atoms with van der Waals surface area (Å²) in [5.74, 6) is 0.0961. The van der Waals surface area contributed by atoms with E-state index in [9.17, 15) is 9.90 Å². The van der Waals surface area contributed by atoms with Crippen LogP contribution in [-0.4, -0.2) is 21.0 Å². The van der Waals surface area contributed by atoms with Gasteiger partial charge in [0.1, 0.15) is 0 Å². The Balaban J connectivity index is 1.81. The summed E-state index contributed by atoms with van der Waals surface area (Å²) in [7, 11) is 0. The van der Waals surface area contributed by atoms with Crippen LogP contribution in [0.15, 0.2) is 53.1 Å². The van der Waals surface area contributed by atoms with E-state index in [1.54, 1.807) is 25.1 Å². The summed E-state index contributed by atoms with van der Waals surface area (Å²) in [4.78, 5) is 20.1. The quantitative estimate of drug-likeness (QED) is 0.524. The number of rotatable bonds is 5. The summed E-state index contributed by atoms with van der Waals surface area (Å²) in [5, 5.41) is 9.71. The first-order valence-corrected chi connectivity index (χ1v) is 7.56. The van der Waals surface area contributed by atoms with Crippen molar-refractivity contribution < 1.29 is 14.3 Å². The van der Waals surface area contributed by atoms with Crippen LogP contribution < -0.4 is 16.6 Å². The lowest BCUT2D eigenvalue weighted by Crippen LogP contribution is -2.29. The maximum absolute atomic E-state index is 11.9. The van der Waals surface area contributed by atoms with E-state index in [0.29, 0.717) is 11.5 Å². The van der Waals surface area contributed by atoms with E-state index >= 15 is 0 Å². The SMILES string of the molecule is CC(O)c1cccc(-c2cc(NNC(=O)c3ccco3)nc(N)n2)c1. The molecule has 1 unspecified atom stereocenters. The highest BCUT2D eigenvalue weighted by Gasteiger charge is 2.10. The van der Waals surface area contributed by atoms with Crippen molar-refractivity contribution in [3.05, 3.63) is 60.1 Å². The molecule has 0 radical (unpaired) electrons. The Morgan fingerprint density at radius 1 is 1.24 bits per heavy atom. The molecule has 1 aromatic carbocycles. The second-order valence-electron chi connectivity index (χ2n) is 5.35. The Hall–Kier alpha value is -3.39. The number of hydrogen-bond donors (Lipinski definition) is 4. The molecule has 128 valence electrons. The van der Waals surface area contributed by atoms with Crippen LogP contribution in [0.3, 0.4) is 0 Å². The van der Waals surface area contributed by atoms with E-state index in [1.807, 2.05) is 24.3 Å². The fraction of sp³-hybridized carbons (Fsp3) is 0.118. The normalized spacial score (nSPS) is 11.8. The molecule has 1 amide bonds. The average Bonchev–Trinajstić information content (AvgIpc) is 3.14. The fourth-order valence-corrected chi connectivity index (χ4v) is 2.23. The van der Waals surface area contributed by atoms with Crippen molar-refractivity contribution in [1.29, 1.82) is 0 Å². The standard InChI is InChI=1S/C17H17N5O3/c1-10(23)11-4-2-5-12(8-11)13-9-15(20-17(18)19-13)21-22-16(24)14-6-3-7-25-14/h2-10,23H,1H3,(H,22,24)(H3,18,19,20,21). The summed E-state index contributed by atoms with van der Waals surface area (Å²) in [6, 6.07) is 12.1. The Kier molecular flexibility index (Phi) is 4.62. The van der Waals surface area contributed by atoms with Gasteiger partial charge in [-0.15, -0.1) is 0 Å². The molecule has 5 N–H and O–H groups in total. The van der Waals surface area contributed by atoms with Gasteiger partial charge in [-0.2, -0.15) is 4.98 Å². The largest absolute Gasteiger partial charge is 0.459 e. The zero-order valence-electron chi connectivity index (χ0n) is 13.4. The highest BCUT2D eigenvalue weighted by atomic mass is 16.3. The number of carbonyl (C=O) groups is 1. The van der Waals surface area contributed by atoms with Gasteiger partial charge in [0.05, 0.1) is 18.1 Å². The van der Waals surface area contributed by atoms with Crippen molar-refractivity contribution in [3.63, 3.8) is 0 Å². The number of anilines is 2. The zero-order chi connectivity index (χ0) is 17.8. The molecule has 25 heavy (non-hydrogen) atoms. The summed E-state index contributed by atoms with van der Waals surface area (Å²) in [6.45, 7) is 1.69. The van der Waals surface area contributed by atoms with Crippen molar-refractivity contribution in [3.8, 4) is 11.3 Å². The first kappa shape index (κ1) is 16.5. The molecule has 8 nitrogen and oxygen atoms in total. The predicted molar refractivity (Wildman–Crippen MR) is 92.3 cm³/mol. The lowest BCUT2D eigenvalue weighted by atomic mass is 10.0. The maximum Gasteiger partial charge on any atom is 0.305 e. The number of nitrogens with one attached hydrogen (secondary N) is 2. The first-order chi connectivity index (χ1) is 12.0. The van der Waals surface area contributed by atoms with E-state index in [2.05, 4.69) is 20.8 Å². The van der Waals surface area contributed by atoms with Gasteiger partial charge in [0.2, 0.25) is 5.95 Å². The number of benzene rings is 1. The molecule has 2 aromatic heterocycles. The van der Waals surface area contributed by atoms with Crippen LogP contribution in [0.25, 0.3) is 11.3 Å². The highest BCUT2D eigenvalue weighted by molar-refractivity contribution is 5.92. The van der Waals surface area contributed by atoms with Crippen LogP contribution in [0.2, 0.25) is 0 Å². The van der Waals surface area contributed by atoms with Gasteiger partial charge < -0.3 is 15.3 Å². The third-order valence-electron chi connectivity index (χ3n) is 3.46. The van der Waals surface area contributed by atoms with Gasteiger partial charge in [-0.25, -0.2) is 4.98 Å². The Morgan fingerprint density at radius 3 is 2.80 bits per heavy atom. The van der Waals surface area contributed by atoms with Crippen LogP contribution in [0, 0.1) is 0 Å². The Labute approximate surface area is 143 Å². The van der Waals surface area contributed by atoms with Gasteiger partial charge in [-0.3, -0.25) is 15.6 Å². The topological polar surface area (TPSA) is 126 Å². The van der Waals surface area contributed by atoms with Crippen LogP contribution >= 0.6 is 0 Å². The molecule has 8 heteroatoms. The number of nitrogens with zero attached hydrogens (tertiary/aromatic N) is 2. The highest BCUT2D eigenvalue weighted by Crippen LogP contribution is 2.23. The Bertz CT molecular complexity index is 878. The number of amides is 1. The minimum atomic E-state index is -0.593. The summed E-state index contributed by atoms with van der Waals surface area (Å²) in [5.41, 5.74) is 13.0. The molecular formula is C17H17N5O3. The van der Waals surface area contributed by atoms with Gasteiger partial charge in [0.15, 0.2) is 11.6 Å². The minimum absolute atomic E-state index is 0.0506. The van der Waals surface area contributed by atoms with Crippen LogP contribution in [0.4, 0.5) is 11.8 Å². The molecule has 2 heterocycles. The number of furan rings is 1. The predicted octanol–water partition coefficient (Wildman–Crippen LogP) is 2.13. The van der Waals surface area contributed by atoms with E-state index in [0.717, 1.165) is 11.1 Å². The summed E-state index contributed by atoms with van der Waals surface area (Å²) >= 11 is 0. The molecule has 1 atom stereocenters. The molecule has 0 aliphatic carbocycles. The van der Waals surface area contributed by atoms with Crippen molar-refractivity contribution >= 4 is 17.7 Å². The van der Waals surface area contributed by atoms with Gasteiger partial charge in [-0.1, -0.05) is 18.2 Å². The lowest BCUT2D eigenvalue weighted by Gasteiger charge is -2.10. The van der Waals surface area contributed by atoms with Gasteiger partial charge >= 0.3 is 5.91 Å². The summed E-state index contributed by atoms with van der Waals surface area (Å²) < 4.78 is 5.00. The molecule has 0 fully saturated rings. The van der Waals surface area contributed by atoms with Gasteiger partial charge in [0.25, 0.3) is 0 Å². The molecular weight excluding hydrogens is 322 g/mol. The minimum Gasteiger partial charge on any atom is -0.459 e. The van der Waals surface area contributed by atoms with E-state index in [4.69, 9.17) is 10.2 Å². The smallest absolute Gasteiger partial charge is 0.305 e. The molecule has 0 spiro atoms.